The molecule has 0 aliphatic heterocycles. The third-order valence-electron chi connectivity index (χ3n) is 1.84. The molecule has 1 N–H and O–H groups in total. The molecule has 2 aromatic heterocycles. The first-order valence-corrected chi connectivity index (χ1v) is 5.49. The summed E-state index contributed by atoms with van der Waals surface area (Å²) in [6.07, 6.45) is 5.07. The lowest BCUT2D eigenvalue weighted by Gasteiger charge is -2.06. The minimum Gasteiger partial charge on any atom is -0.338 e. The van der Waals surface area contributed by atoms with Crippen LogP contribution < -0.4 is 5.32 Å². The van der Waals surface area contributed by atoms with E-state index in [1.807, 2.05) is 19.1 Å². The Bertz CT molecular complexity index is 455. The molecular formula is C10H9IN4. The summed E-state index contributed by atoms with van der Waals surface area (Å²) in [5, 5.41) is 3.18. The highest BCUT2D eigenvalue weighted by Gasteiger charge is 2.00. The van der Waals surface area contributed by atoms with Crippen LogP contribution in [0.15, 0.2) is 30.9 Å². The summed E-state index contributed by atoms with van der Waals surface area (Å²) in [4.78, 5) is 12.3. The maximum atomic E-state index is 4.20. The monoisotopic (exact) mass is 312 g/mol. The smallest absolute Gasteiger partial charge is 0.147 e. The normalized spacial score (nSPS) is 10.0. The van der Waals surface area contributed by atoms with Gasteiger partial charge in [0.15, 0.2) is 0 Å². The summed E-state index contributed by atoms with van der Waals surface area (Å²) >= 11 is 2.19. The highest BCUT2D eigenvalue weighted by molar-refractivity contribution is 14.1. The number of anilines is 2. The second-order valence-electron chi connectivity index (χ2n) is 3.03. The van der Waals surface area contributed by atoms with Crippen molar-refractivity contribution in [2.75, 3.05) is 5.32 Å². The van der Waals surface area contributed by atoms with E-state index in [0.29, 0.717) is 0 Å². The molecule has 0 aromatic carbocycles. The van der Waals surface area contributed by atoms with E-state index < -0.39 is 0 Å². The number of hydrogen-bond donors (Lipinski definition) is 1. The molecule has 2 heterocycles. The van der Waals surface area contributed by atoms with E-state index in [-0.39, 0.29) is 0 Å². The molecule has 0 saturated heterocycles. The molecule has 0 saturated carbocycles. The maximum absolute atomic E-state index is 4.20. The van der Waals surface area contributed by atoms with Gasteiger partial charge in [0.1, 0.15) is 12.1 Å². The molecule has 0 radical (unpaired) electrons. The Morgan fingerprint density at radius 1 is 1.20 bits per heavy atom. The van der Waals surface area contributed by atoms with Gasteiger partial charge in [-0.2, -0.15) is 0 Å². The first kappa shape index (κ1) is 10.3. The van der Waals surface area contributed by atoms with Crippen LogP contribution in [0.3, 0.4) is 0 Å². The van der Waals surface area contributed by atoms with Crippen LogP contribution >= 0.6 is 22.6 Å². The van der Waals surface area contributed by atoms with Gasteiger partial charge in [-0.3, -0.25) is 4.98 Å². The Morgan fingerprint density at radius 2 is 2.07 bits per heavy atom. The minimum atomic E-state index is 0.802. The number of nitrogens with zero attached hydrogens (tertiary/aromatic N) is 3. The Morgan fingerprint density at radius 3 is 2.73 bits per heavy atom. The van der Waals surface area contributed by atoms with Gasteiger partial charge in [-0.05, 0) is 41.6 Å². The van der Waals surface area contributed by atoms with Crippen molar-refractivity contribution in [2.45, 2.75) is 6.92 Å². The fourth-order valence-electron chi connectivity index (χ4n) is 1.08. The van der Waals surface area contributed by atoms with Gasteiger partial charge in [0.25, 0.3) is 0 Å². The number of halogens is 1. The van der Waals surface area contributed by atoms with E-state index in [4.69, 9.17) is 0 Å². The molecule has 0 amide bonds. The maximum Gasteiger partial charge on any atom is 0.147 e. The largest absolute Gasteiger partial charge is 0.338 e. The van der Waals surface area contributed by atoms with E-state index in [9.17, 15) is 0 Å². The van der Waals surface area contributed by atoms with Crippen molar-refractivity contribution in [3.05, 3.63) is 40.1 Å². The number of aryl methyl sites for hydroxylation is 1. The lowest BCUT2D eigenvalue weighted by atomic mass is 10.3. The fraction of sp³-hybridized carbons (Fsp3) is 0.100. The van der Waals surface area contributed by atoms with Crippen molar-refractivity contribution in [1.29, 1.82) is 0 Å². The van der Waals surface area contributed by atoms with Crippen LogP contribution in [-0.2, 0) is 0 Å². The van der Waals surface area contributed by atoms with Crippen molar-refractivity contribution in [3.8, 4) is 0 Å². The van der Waals surface area contributed by atoms with Gasteiger partial charge in [0.2, 0.25) is 0 Å². The van der Waals surface area contributed by atoms with E-state index in [0.717, 1.165) is 20.8 Å². The number of aromatic nitrogens is 3. The molecule has 2 aromatic rings. The Balaban J connectivity index is 2.22. The van der Waals surface area contributed by atoms with Crippen molar-refractivity contribution < 1.29 is 0 Å². The zero-order valence-corrected chi connectivity index (χ0v) is 10.3. The second-order valence-corrected chi connectivity index (χ2v) is 4.19. The van der Waals surface area contributed by atoms with Crippen molar-refractivity contribution in [1.82, 2.24) is 15.0 Å². The third kappa shape index (κ3) is 2.62. The first-order valence-electron chi connectivity index (χ1n) is 4.41. The Hall–Kier alpha value is -1.24. The van der Waals surface area contributed by atoms with Crippen molar-refractivity contribution >= 4 is 34.1 Å². The summed E-state index contributed by atoms with van der Waals surface area (Å²) in [6.45, 7) is 1.96. The lowest BCUT2D eigenvalue weighted by molar-refractivity contribution is 1.14. The molecule has 76 valence electrons. The predicted octanol–water partition coefficient (Wildman–Crippen LogP) is 2.53. The van der Waals surface area contributed by atoms with Crippen LogP contribution in [0.1, 0.15) is 5.69 Å². The number of rotatable bonds is 2. The average molecular weight is 312 g/mol. The molecule has 15 heavy (non-hydrogen) atoms. The van der Waals surface area contributed by atoms with Crippen LogP contribution in [0.4, 0.5) is 11.5 Å². The zero-order valence-electron chi connectivity index (χ0n) is 8.11. The van der Waals surface area contributed by atoms with Gasteiger partial charge in [-0.15, -0.1) is 0 Å². The Kier molecular flexibility index (Phi) is 3.10. The van der Waals surface area contributed by atoms with Gasteiger partial charge in [0, 0.05) is 11.9 Å². The average Bonchev–Trinajstić information content (AvgIpc) is 2.25. The molecule has 5 heteroatoms. The topological polar surface area (TPSA) is 50.7 Å². The number of nitrogens with one attached hydrogen (secondary N) is 1. The van der Waals surface area contributed by atoms with Gasteiger partial charge >= 0.3 is 0 Å². The number of hydrogen-bond acceptors (Lipinski definition) is 4. The lowest BCUT2D eigenvalue weighted by Crippen LogP contribution is -1.97. The van der Waals surface area contributed by atoms with Crippen molar-refractivity contribution in [3.63, 3.8) is 0 Å². The summed E-state index contributed by atoms with van der Waals surface area (Å²) in [5.74, 6) is 0.802. The van der Waals surface area contributed by atoms with E-state index >= 15 is 0 Å². The highest BCUT2D eigenvalue weighted by Crippen LogP contribution is 2.18. The van der Waals surface area contributed by atoms with Gasteiger partial charge < -0.3 is 5.32 Å². The molecule has 0 spiro atoms. The zero-order chi connectivity index (χ0) is 10.7. The molecule has 0 aliphatic carbocycles. The molecule has 0 fully saturated rings. The first-order chi connectivity index (χ1) is 7.25. The van der Waals surface area contributed by atoms with Gasteiger partial charge in [0.05, 0.1) is 15.5 Å². The van der Waals surface area contributed by atoms with E-state index in [1.54, 1.807) is 12.4 Å². The van der Waals surface area contributed by atoms with Gasteiger partial charge in [-0.1, -0.05) is 0 Å². The molecule has 0 bridgehead atoms. The minimum absolute atomic E-state index is 0.802. The number of pyridine rings is 1. The van der Waals surface area contributed by atoms with Crippen LogP contribution in [0, 0.1) is 10.5 Å². The summed E-state index contributed by atoms with van der Waals surface area (Å²) in [6, 6.07) is 3.93. The van der Waals surface area contributed by atoms with Crippen molar-refractivity contribution in [2.24, 2.45) is 0 Å². The van der Waals surface area contributed by atoms with Crippen LogP contribution in [0.25, 0.3) is 0 Å². The quantitative estimate of drug-likeness (QED) is 0.866. The van der Waals surface area contributed by atoms with Crippen LogP contribution in [0.2, 0.25) is 0 Å². The molecule has 0 aliphatic rings. The summed E-state index contributed by atoms with van der Waals surface area (Å²) in [7, 11) is 0. The molecule has 0 atom stereocenters. The summed E-state index contributed by atoms with van der Waals surface area (Å²) < 4.78 is 0.982. The van der Waals surface area contributed by atoms with E-state index in [2.05, 4.69) is 42.9 Å². The predicted molar refractivity (Wildman–Crippen MR) is 67.0 cm³/mol. The molecule has 0 unspecified atom stereocenters. The molecule has 2 rings (SSSR count). The van der Waals surface area contributed by atoms with Crippen LogP contribution in [0.5, 0.6) is 0 Å². The molecule has 4 nitrogen and oxygen atoms in total. The SMILES string of the molecule is Cc1ccc(Nc2ncncc2I)cn1. The standard InChI is InChI=1S/C10H9IN4/c1-7-2-3-8(4-13-7)15-10-9(11)5-12-6-14-10/h2-6H,1H3,(H,12,14,15). The molecular weight excluding hydrogens is 303 g/mol. The van der Waals surface area contributed by atoms with E-state index in [1.165, 1.54) is 6.33 Å². The van der Waals surface area contributed by atoms with Crippen LogP contribution in [-0.4, -0.2) is 15.0 Å². The Labute approximate surface area is 101 Å². The second kappa shape index (κ2) is 4.52. The van der Waals surface area contributed by atoms with Gasteiger partial charge in [-0.25, -0.2) is 9.97 Å². The third-order valence-corrected chi connectivity index (χ3v) is 2.63. The highest BCUT2D eigenvalue weighted by atomic mass is 127. The fourth-order valence-corrected chi connectivity index (χ4v) is 1.52. The summed E-state index contributed by atoms with van der Waals surface area (Å²) in [5.41, 5.74) is 1.93.